The number of piperidine rings is 1. The second-order valence-electron chi connectivity index (χ2n) is 5.96. The highest BCUT2D eigenvalue weighted by atomic mass is 15.5. The van der Waals surface area contributed by atoms with E-state index in [9.17, 15) is 0 Å². The first-order valence-electron chi connectivity index (χ1n) is 7.64. The molecule has 2 atom stereocenters. The maximum Gasteiger partial charge on any atom is 0.0858 e. The number of hydrogen-bond acceptors (Lipinski definition) is 4. The van der Waals surface area contributed by atoms with Crippen LogP contribution in [-0.2, 0) is 0 Å². The molecule has 0 saturated carbocycles. The van der Waals surface area contributed by atoms with Gasteiger partial charge in [0.1, 0.15) is 0 Å². The van der Waals surface area contributed by atoms with Crippen LogP contribution in [0.4, 0.5) is 5.69 Å². The Balaban J connectivity index is 1.62. The molecule has 1 aliphatic rings. The van der Waals surface area contributed by atoms with Crippen LogP contribution in [0.3, 0.4) is 0 Å². The molecular formula is C16H23N5. The lowest BCUT2D eigenvalue weighted by Gasteiger charge is -2.34. The molecule has 1 N–H and O–H groups in total. The van der Waals surface area contributed by atoms with E-state index in [2.05, 4.69) is 46.5 Å². The molecule has 21 heavy (non-hydrogen) atoms. The van der Waals surface area contributed by atoms with Crippen LogP contribution in [0, 0.1) is 5.92 Å². The van der Waals surface area contributed by atoms with Gasteiger partial charge in [-0.15, -0.1) is 0 Å². The van der Waals surface area contributed by atoms with Crippen LogP contribution in [0.15, 0.2) is 36.7 Å². The molecule has 0 aliphatic carbocycles. The Kier molecular flexibility index (Phi) is 4.20. The molecule has 0 spiro atoms. The smallest absolute Gasteiger partial charge is 0.0858 e. The van der Waals surface area contributed by atoms with Crippen LogP contribution in [-0.4, -0.2) is 46.1 Å². The van der Waals surface area contributed by atoms with E-state index in [-0.39, 0.29) is 0 Å². The van der Waals surface area contributed by atoms with Gasteiger partial charge in [-0.1, -0.05) is 0 Å². The van der Waals surface area contributed by atoms with E-state index in [4.69, 9.17) is 0 Å². The Morgan fingerprint density at radius 1 is 1.19 bits per heavy atom. The average Bonchev–Trinajstić information content (AvgIpc) is 3.02. The number of likely N-dealkylation sites (tertiary alicyclic amines) is 1. The monoisotopic (exact) mass is 285 g/mol. The van der Waals surface area contributed by atoms with E-state index in [1.807, 2.05) is 12.1 Å². The van der Waals surface area contributed by atoms with Crippen molar-refractivity contribution in [1.29, 1.82) is 0 Å². The fourth-order valence-electron chi connectivity index (χ4n) is 3.04. The minimum Gasteiger partial charge on any atom is -0.382 e. The van der Waals surface area contributed by atoms with E-state index >= 15 is 0 Å². The predicted molar refractivity (Wildman–Crippen MR) is 84.7 cm³/mol. The fraction of sp³-hybridized carbons (Fsp3) is 0.500. The van der Waals surface area contributed by atoms with Gasteiger partial charge >= 0.3 is 0 Å². The largest absolute Gasteiger partial charge is 0.382 e. The predicted octanol–water partition coefficient (Wildman–Crippen LogP) is 2.41. The van der Waals surface area contributed by atoms with Crippen molar-refractivity contribution in [3.05, 3.63) is 36.7 Å². The maximum absolute atomic E-state index is 4.14. The number of benzene rings is 1. The first-order valence-corrected chi connectivity index (χ1v) is 7.64. The summed E-state index contributed by atoms with van der Waals surface area (Å²) in [5, 5.41) is 11.9. The van der Waals surface area contributed by atoms with Gasteiger partial charge in [0.25, 0.3) is 0 Å². The first kappa shape index (κ1) is 14.1. The lowest BCUT2D eigenvalue weighted by atomic mass is 9.92. The van der Waals surface area contributed by atoms with Gasteiger partial charge in [0.15, 0.2) is 0 Å². The normalized spacial score (nSPS) is 21.1. The lowest BCUT2D eigenvalue weighted by Crippen LogP contribution is -2.39. The van der Waals surface area contributed by atoms with Crippen LogP contribution < -0.4 is 5.32 Å². The highest BCUT2D eigenvalue weighted by Crippen LogP contribution is 2.22. The highest BCUT2D eigenvalue weighted by Gasteiger charge is 2.22. The molecule has 5 heteroatoms. The van der Waals surface area contributed by atoms with Crippen molar-refractivity contribution in [3.8, 4) is 5.69 Å². The summed E-state index contributed by atoms with van der Waals surface area (Å²) in [5.41, 5.74) is 2.14. The summed E-state index contributed by atoms with van der Waals surface area (Å²) in [6.07, 6.45) is 5.99. The summed E-state index contributed by atoms with van der Waals surface area (Å²) in [5.74, 6) is 0.719. The molecule has 0 bridgehead atoms. The second-order valence-corrected chi connectivity index (χ2v) is 5.96. The van der Waals surface area contributed by atoms with Crippen LogP contribution in [0.1, 0.15) is 19.8 Å². The second kappa shape index (κ2) is 6.26. The summed E-state index contributed by atoms with van der Waals surface area (Å²) in [7, 11) is 2.21. The van der Waals surface area contributed by atoms with Gasteiger partial charge in [-0.25, -0.2) is 0 Å². The maximum atomic E-state index is 4.14. The standard InChI is InChI=1S/C16H23N5/c1-13(14-4-3-11-20(2)12-14)19-15-5-7-16(8-6-15)21-17-9-10-18-21/h5-10,13-14,19H,3-4,11-12H2,1-2H3. The molecule has 0 amide bonds. The lowest BCUT2D eigenvalue weighted by molar-refractivity contribution is 0.197. The Bertz CT molecular complexity index is 549. The van der Waals surface area contributed by atoms with Crippen molar-refractivity contribution in [1.82, 2.24) is 19.9 Å². The summed E-state index contributed by atoms with van der Waals surface area (Å²) < 4.78 is 0. The van der Waals surface area contributed by atoms with Gasteiger partial charge < -0.3 is 10.2 Å². The first-order chi connectivity index (χ1) is 10.2. The van der Waals surface area contributed by atoms with Crippen LogP contribution in [0.2, 0.25) is 0 Å². The Labute approximate surface area is 126 Å². The van der Waals surface area contributed by atoms with Gasteiger partial charge in [-0.2, -0.15) is 15.0 Å². The van der Waals surface area contributed by atoms with Crippen molar-refractivity contribution in [3.63, 3.8) is 0 Å². The third kappa shape index (κ3) is 3.42. The molecule has 2 aromatic rings. The number of rotatable bonds is 4. The van der Waals surface area contributed by atoms with E-state index in [0.29, 0.717) is 6.04 Å². The third-order valence-corrected chi connectivity index (χ3v) is 4.28. The Hall–Kier alpha value is -1.88. The summed E-state index contributed by atoms with van der Waals surface area (Å²) in [4.78, 5) is 4.06. The average molecular weight is 285 g/mol. The minimum absolute atomic E-state index is 0.487. The highest BCUT2D eigenvalue weighted by molar-refractivity contribution is 5.48. The summed E-state index contributed by atoms with van der Waals surface area (Å²) in [6, 6.07) is 8.77. The van der Waals surface area contributed by atoms with Gasteiger partial charge in [0, 0.05) is 18.3 Å². The SMILES string of the molecule is CC(Nc1ccc(-n2nccn2)cc1)C1CCCN(C)C1. The zero-order valence-corrected chi connectivity index (χ0v) is 12.7. The molecular weight excluding hydrogens is 262 g/mol. The van der Waals surface area contributed by atoms with E-state index in [0.717, 1.165) is 17.3 Å². The molecule has 0 radical (unpaired) electrons. The molecule has 1 saturated heterocycles. The molecule has 5 nitrogen and oxygen atoms in total. The van der Waals surface area contributed by atoms with Crippen LogP contribution >= 0.6 is 0 Å². The van der Waals surface area contributed by atoms with Gasteiger partial charge in [0.05, 0.1) is 18.1 Å². The van der Waals surface area contributed by atoms with Crippen LogP contribution in [0.25, 0.3) is 5.69 Å². The van der Waals surface area contributed by atoms with Crippen molar-refractivity contribution in [2.75, 3.05) is 25.5 Å². The van der Waals surface area contributed by atoms with Gasteiger partial charge in [0.2, 0.25) is 0 Å². The zero-order valence-electron chi connectivity index (χ0n) is 12.7. The van der Waals surface area contributed by atoms with Gasteiger partial charge in [-0.3, -0.25) is 0 Å². The number of nitrogens with one attached hydrogen (secondary N) is 1. The minimum atomic E-state index is 0.487. The molecule has 1 aromatic heterocycles. The van der Waals surface area contributed by atoms with Crippen molar-refractivity contribution >= 4 is 5.69 Å². The van der Waals surface area contributed by atoms with Crippen LogP contribution in [0.5, 0.6) is 0 Å². The molecule has 1 fully saturated rings. The number of anilines is 1. The van der Waals surface area contributed by atoms with Crippen molar-refractivity contribution < 1.29 is 0 Å². The number of nitrogens with zero attached hydrogens (tertiary/aromatic N) is 4. The summed E-state index contributed by atoms with van der Waals surface area (Å²) >= 11 is 0. The van der Waals surface area contributed by atoms with E-state index < -0.39 is 0 Å². The Morgan fingerprint density at radius 3 is 2.57 bits per heavy atom. The quantitative estimate of drug-likeness (QED) is 0.937. The van der Waals surface area contributed by atoms with Crippen molar-refractivity contribution in [2.24, 2.45) is 5.92 Å². The summed E-state index contributed by atoms with van der Waals surface area (Å²) in [6.45, 7) is 4.70. The molecule has 2 heterocycles. The molecule has 3 rings (SSSR count). The van der Waals surface area contributed by atoms with E-state index in [1.54, 1.807) is 17.2 Å². The Morgan fingerprint density at radius 2 is 1.90 bits per heavy atom. The third-order valence-electron chi connectivity index (χ3n) is 4.28. The molecule has 1 aromatic carbocycles. The molecule has 112 valence electrons. The zero-order chi connectivity index (χ0) is 14.7. The topological polar surface area (TPSA) is 46.0 Å². The van der Waals surface area contributed by atoms with Gasteiger partial charge in [-0.05, 0) is 63.5 Å². The van der Waals surface area contributed by atoms with Crippen molar-refractivity contribution in [2.45, 2.75) is 25.8 Å². The number of hydrogen-bond donors (Lipinski definition) is 1. The molecule has 1 aliphatic heterocycles. The number of aromatic nitrogens is 3. The molecule has 2 unspecified atom stereocenters. The van der Waals surface area contributed by atoms with E-state index in [1.165, 1.54) is 25.9 Å². The fourth-order valence-corrected chi connectivity index (χ4v) is 3.04.